The number of hydrogen-bond acceptors (Lipinski definition) is 4. The first-order chi connectivity index (χ1) is 9.54. The molecule has 20 heavy (non-hydrogen) atoms. The molecule has 2 aromatic rings. The number of hydrogen-bond donors (Lipinski definition) is 0. The van der Waals surface area contributed by atoms with Crippen molar-refractivity contribution in [1.29, 1.82) is 0 Å². The minimum atomic E-state index is -0.254. The summed E-state index contributed by atoms with van der Waals surface area (Å²) >= 11 is 6.15. The lowest BCUT2D eigenvalue weighted by Gasteiger charge is -2.34. The summed E-state index contributed by atoms with van der Waals surface area (Å²) in [6.07, 6.45) is 0. The molecule has 1 fully saturated rings. The summed E-state index contributed by atoms with van der Waals surface area (Å²) in [5, 5.41) is 1.08. The predicted molar refractivity (Wildman–Crippen MR) is 79.0 cm³/mol. The highest BCUT2D eigenvalue weighted by Gasteiger charge is 2.19. The summed E-state index contributed by atoms with van der Waals surface area (Å²) in [7, 11) is 2.07. The third-order valence-corrected chi connectivity index (χ3v) is 3.96. The molecule has 0 saturated carbocycles. The number of fused-ring (bicyclic) bond motifs is 1. The van der Waals surface area contributed by atoms with Crippen LogP contribution in [0.2, 0.25) is 5.15 Å². The van der Waals surface area contributed by atoms with Gasteiger partial charge in [-0.05, 0) is 20.0 Å². The largest absolute Gasteiger partial charge is 0.367 e. The van der Waals surface area contributed by atoms with Gasteiger partial charge in [0.25, 0.3) is 0 Å². The average molecular weight is 295 g/mol. The van der Waals surface area contributed by atoms with Gasteiger partial charge in [0.05, 0.1) is 11.2 Å². The number of aromatic nitrogens is 2. The van der Waals surface area contributed by atoms with Crippen molar-refractivity contribution in [2.45, 2.75) is 6.92 Å². The number of aryl methyl sites for hydroxylation is 1. The second-order valence-corrected chi connectivity index (χ2v) is 5.53. The molecule has 0 bridgehead atoms. The van der Waals surface area contributed by atoms with Gasteiger partial charge in [-0.25, -0.2) is 14.4 Å². The number of rotatable bonds is 1. The van der Waals surface area contributed by atoms with E-state index in [0.717, 1.165) is 26.2 Å². The highest BCUT2D eigenvalue weighted by molar-refractivity contribution is 6.34. The molecule has 0 atom stereocenters. The van der Waals surface area contributed by atoms with Crippen LogP contribution >= 0.6 is 11.6 Å². The first kappa shape index (κ1) is 13.5. The molecule has 1 aliphatic heterocycles. The number of anilines is 1. The fourth-order valence-electron chi connectivity index (χ4n) is 2.50. The van der Waals surface area contributed by atoms with Gasteiger partial charge in [0.1, 0.15) is 16.8 Å². The maximum Gasteiger partial charge on any atom is 0.148 e. The van der Waals surface area contributed by atoms with Crippen LogP contribution in [-0.2, 0) is 0 Å². The van der Waals surface area contributed by atoms with Crippen molar-refractivity contribution in [2.24, 2.45) is 0 Å². The molecule has 1 saturated heterocycles. The van der Waals surface area contributed by atoms with Gasteiger partial charge < -0.3 is 9.80 Å². The molecule has 2 heterocycles. The quantitative estimate of drug-likeness (QED) is 0.757. The normalized spacial score (nSPS) is 16.9. The Bertz CT molecular complexity index is 653. The van der Waals surface area contributed by atoms with Gasteiger partial charge in [-0.3, -0.25) is 0 Å². The fourth-order valence-corrected chi connectivity index (χ4v) is 2.77. The molecular formula is C14H16ClFN4. The minimum absolute atomic E-state index is 0.254. The van der Waals surface area contributed by atoms with Gasteiger partial charge in [-0.15, -0.1) is 0 Å². The molecule has 1 aromatic carbocycles. The van der Waals surface area contributed by atoms with Crippen LogP contribution in [0.1, 0.15) is 5.82 Å². The first-order valence-corrected chi connectivity index (χ1v) is 6.99. The van der Waals surface area contributed by atoms with Crippen LogP contribution in [-0.4, -0.2) is 48.1 Å². The maximum absolute atomic E-state index is 14.3. The van der Waals surface area contributed by atoms with E-state index in [1.165, 1.54) is 6.07 Å². The van der Waals surface area contributed by atoms with E-state index in [2.05, 4.69) is 21.9 Å². The molecule has 4 nitrogen and oxygen atoms in total. The van der Waals surface area contributed by atoms with E-state index in [0.29, 0.717) is 27.6 Å². The third kappa shape index (κ3) is 2.43. The van der Waals surface area contributed by atoms with E-state index in [-0.39, 0.29) is 5.82 Å². The van der Waals surface area contributed by atoms with E-state index >= 15 is 0 Å². The SMILES string of the molecule is Cc1nc(Cl)c2cc(N3CCN(C)CC3)c(F)cc2n1. The van der Waals surface area contributed by atoms with Gasteiger partial charge in [0.15, 0.2) is 0 Å². The molecule has 6 heteroatoms. The third-order valence-electron chi connectivity index (χ3n) is 3.67. The zero-order valence-electron chi connectivity index (χ0n) is 11.5. The lowest BCUT2D eigenvalue weighted by Crippen LogP contribution is -2.44. The molecule has 1 aliphatic rings. The van der Waals surface area contributed by atoms with Crippen LogP contribution in [0.5, 0.6) is 0 Å². The van der Waals surface area contributed by atoms with Crippen LogP contribution in [0.25, 0.3) is 10.9 Å². The molecular weight excluding hydrogens is 279 g/mol. The van der Waals surface area contributed by atoms with E-state index < -0.39 is 0 Å². The summed E-state index contributed by atoms with van der Waals surface area (Å²) in [5.41, 5.74) is 1.14. The molecule has 0 N–H and O–H groups in total. The Balaban J connectivity index is 2.05. The van der Waals surface area contributed by atoms with E-state index in [4.69, 9.17) is 11.6 Å². The summed E-state index contributed by atoms with van der Waals surface area (Å²) in [4.78, 5) is 12.6. The Hall–Kier alpha value is -1.46. The Morgan fingerprint density at radius 1 is 1.15 bits per heavy atom. The number of likely N-dealkylation sites (N-methyl/N-ethyl adjacent to an activating group) is 1. The molecule has 3 rings (SSSR count). The summed E-state index contributed by atoms with van der Waals surface area (Å²) in [6, 6.07) is 3.21. The Labute approximate surface area is 122 Å². The fraction of sp³-hybridized carbons (Fsp3) is 0.429. The van der Waals surface area contributed by atoms with Crippen molar-refractivity contribution >= 4 is 28.2 Å². The van der Waals surface area contributed by atoms with Crippen molar-refractivity contribution in [2.75, 3.05) is 38.1 Å². The standard InChI is InChI=1S/C14H16ClFN4/c1-9-17-12-8-11(16)13(7-10(12)14(15)18-9)20-5-3-19(2)4-6-20/h7-8H,3-6H2,1-2H3. The van der Waals surface area contributed by atoms with Crippen LogP contribution in [0.15, 0.2) is 12.1 Å². The average Bonchev–Trinajstić information content (AvgIpc) is 2.39. The van der Waals surface area contributed by atoms with Crippen LogP contribution < -0.4 is 4.90 Å². The van der Waals surface area contributed by atoms with Crippen LogP contribution in [0.3, 0.4) is 0 Å². The monoisotopic (exact) mass is 294 g/mol. The number of piperazine rings is 1. The number of nitrogens with zero attached hydrogens (tertiary/aromatic N) is 4. The Kier molecular flexibility index (Phi) is 3.48. The van der Waals surface area contributed by atoms with Crippen LogP contribution in [0, 0.1) is 12.7 Å². The van der Waals surface area contributed by atoms with Crippen molar-refractivity contribution in [3.05, 3.63) is 28.9 Å². The predicted octanol–water partition coefficient (Wildman–Crippen LogP) is 2.48. The Morgan fingerprint density at radius 2 is 1.85 bits per heavy atom. The first-order valence-electron chi connectivity index (χ1n) is 6.61. The Morgan fingerprint density at radius 3 is 2.55 bits per heavy atom. The molecule has 0 aliphatic carbocycles. The molecule has 0 amide bonds. The van der Waals surface area contributed by atoms with Gasteiger partial charge in [0.2, 0.25) is 0 Å². The van der Waals surface area contributed by atoms with Gasteiger partial charge in [-0.1, -0.05) is 11.6 Å². The van der Waals surface area contributed by atoms with Crippen LogP contribution in [0.4, 0.5) is 10.1 Å². The van der Waals surface area contributed by atoms with Crippen molar-refractivity contribution in [3.63, 3.8) is 0 Å². The van der Waals surface area contributed by atoms with Crippen molar-refractivity contribution in [3.8, 4) is 0 Å². The lowest BCUT2D eigenvalue weighted by atomic mass is 10.1. The number of halogens is 2. The van der Waals surface area contributed by atoms with Gasteiger partial charge in [0, 0.05) is 37.6 Å². The zero-order valence-corrected chi connectivity index (χ0v) is 12.3. The number of benzene rings is 1. The molecule has 1 aromatic heterocycles. The van der Waals surface area contributed by atoms with Crippen molar-refractivity contribution in [1.82, 2.24) is 14.9 Å². The van der Waals surface area contributed by atoms with E-state index in [1.807, 2.05) is 4.90 Å². The summed E-state index contributed by atoms with van der Waals surface area (Å²) in [5.74, 6) is 0.297. The second kappa shape index (κ2) is 5.14. The summed E-state index contributed by atoms with van der Waals surface area (Å²) < 4.78 is 14.3. The van der Waals surface area contributed by atoms with Gasteiger partial charge in [-0.2, -0.15) is 0 Å². The molecule has 0 radical (unpaired) electrons. The smallest absolute Gasteiger partial charge is 0.148 e. The van der Waals surface area contributed by atoms with Gasteiger partial charge >= 0.3 is 0 Å². The topological polar surface area (TPSA) is 32.3 Å². The molecule has 106 valence electrons. The molecule has 0 spiro atoms. The molecule has 0 unspecified atom stereocenters. The highest BCUT2D eigenvalue weighted by atomic mass is 35.5. The summed E-state index contributed by atoms with van der Waals surface area (Å²) in [6.45, 7) is 5.22. The van der Waals surface area contributed by atoms with E-state index in [9.17, 15) is 4.39 Å². The lowest BCUT2D eigenvalue weighted by molar-refractivity contribution is 0.312. The minimum Gasteiger partial charge on any atom is -0.367 e. The highest BCUT2D eigenvalue weighted by Crippen LogP contribution is 2.29. The maximum atomic E-state index is 14.3. The van der Waals surface area contributed by atoms with Crippen molar-refractivity contribution < 1.29 is 4.39 Å². The van der Waals surface area contributed by atoms with E-state index in [1.54, 1.807) is 13.0 Å². The zero-order chi connectivity index (χ0) is 14.3. The second-order valence-electron chi connectivity index (χ2n) is 5.17.